The molecule has 0 radical (unpaired) electrons. The van der Waals surface area contributed by atoms with Gasteiger partial charge in [-0.2, -0.15) is 0 Å². The van der Waals surface area contributed by atoms with Gasteiger partial charge in [-0.05, 0) is 138 Å². The van der Waals surface area contributed by atoms with Gasteiger partial charge >= 0.3 is 0 Å². The zero-order chi connectivity index (χ0) is 80.7. The molecule has 10 N–H and O–H groups in total. The van der Waals surface area contributed by atoms with E-state index >= 15 is 0 Å². The fourth-order valence-corrected chi connectivity index (χ4v) is 17.9. The largest absolute Gasteiger partial charge is 0.506 e. The molecule has 8 aromatic carbocycles. The monoisotopic (exact) mass is 1650 g/mol. The summed E-state index contributed by atoms with van der Waals surface area (Å²) in [5.41, 5.74) is 18.3. The van der Waals surface area contributed by atoms with Crippen LogP contribution in [0.3, 0.4) is 0 Å². The molecule has 10 aromatic rings. The number of halogens is 5. The lowest BCUT2D eigenvalue weighted by Crippen LogP contribution is -2.34. The molecule has 0 aliphatic rings. The number of fused-ring (bicyclic) bond motifs is 2. The van der Waals surface area contributed by atoms with E-state index in [1.807, 2.05) is 27.7 Å². The third-order valence-electron chi connectivity index (χ3n) is 16.0. The highest BCUT2D eigenvalue weighted by Gasteiger charge is 2.36. The van der Waals surface area contributed by atoms with Crippen LogP contribution in [0.25, 0.3) is 22.2 Å². The summed E-state index contributed by atoms with van der Waals surface area (Å²) in [5, 5.41) is 24.6. The van der Waals surface area contributed by atoms with Crippen LogP contribution in [0.2, 0.25) is 20.1 Å². The molecule has 4 atom stereocenters. The van der Waals surface area contributed by atoms with Gasteiger partial charge in [0.05, 0.1) is 73.8 Å². The van der Waals surface area contributed by atoms with Crippen LogP contribution in [0.5, 0.6) is 11.5 Å². The molecule has 34 heteroatoms. The van der Waals surface area contributed by atoms with Gasteiger partial charge in [0.2, 0.25) is 28.9 Å². The molecular formula is C74H79Cl5N8O17S4. The molecule has 4 amide bonds. The van der Waals surface area contributed by atoms with E-state index < -0.39 is 89.2 Å². The van der Waals surface area contributed by atoms with Crippen LogP contribution in [0.15, 0.2) is 174 Å². The minimum atomic E-state index is -3.91. The number of oxazole rings is 2. The molecule has 0 saturated heterocycles. The van der Waals surface area contributed by atoms with Crippen LogP contribution in [-0.2, 0) is 63.3 Å². The van der Waals surface area contributed by atoms with Crippen molar-refractivity contribution < 1.29 is 76.7 Å². The number of sulfone groups is 4. The van der Waals surface area contributed by atoms with E-state index in [0.717, 1.165) is 33.8 Å². The van der Waals surface area contributed by atoms with Crippen molar-refractivity contribution in [2.24, 2.45) is 0 Å². The van der Waals surface area contributed by atoms with Crippen molar-refractivity contribution in [3.8, 4) is 11.5 Å². The molecule has 0 fully saturated rings. The minimum absolute atomic E-state index is 0.0378. The Morgan fingerprint density at radius 2 is 0.694 bits per heavy atom. The number of phenolic OH excluding ortho intramolecular Hbond substituents is 2. The molecular weight excluding hydrogens is 1580 g/mol. The van der Waals surface area contributed by atoms with Crippen LogP contribution in [0, 0.1) is 41.5 Å². The third-order valence-corrected chi connectivity index (χ3v) is 26.6. The fourth-order valence-electron chi connectivity index (χ4n) is 10.2. The minimum Gasteiger partial charge on any atom is -0.506 e. The molecule has 0 aliphatic heterocycles. The van der Waals surface area contributed by atoms with E-state index in [1.165, 1.54) is 73.7 Å². The number of nitrogens with one attached hydrogen (secondary N) is 4. The van der Waals surface area contributed by atoms with Gasteiger partial charge in [-0.25, -0.2) is 43.6 Å². The molecule has 0 bridgehead atoms. The number of nitrogens with two attached hydrogens (primary N) is 2. The fraction of sp³-hybridized carbons (Fsp3) is 0.257. The van der Waals surface area contributed by atoms with E-state index in [2.05, 4.69) is 31.2 Å². The smallest absolute Gasteiger partial charge is 0.243 e. The summed E-state index contributed by atoms with van der Waals surface area (Å²) in [6, 6.07) is 36.7. The number of aryl methyl sites for hydroxylation is 6. The van der Waals surface area contributed by atoms with Gasteiger partial charge in [-0.15, -0.1) is 0 Å². The lowest BCUT2D eigenvalue weighted by molar-refractivity contribution is -0.116. The topological polar surface area (TPSA) is 415 Å². The van der Waals surface area contributed by atoms with Crippen LogP contribution in [0.1, 0.15) is 94.3 Å². The first kappa shape index (κ1) is 87.6. The summed E-state index contributed by atoms with van der Waals surface area (Å²) in [6.45, 7) is 18.6. The maximum atomic E-state index is 12.9. The lowest BCUT2D eigenvalue weighted by Gasteiger charge is -2.17. The predicted molar refractivity (Wildman–Crippen MR) is 423 cm³/mol. The first-order valence-electron chi connectivity index (χ1n) is 32.8. The molecule has 0 spiro atoms. The zero-order valence-electron chi connectivity index (χ0n) is 60.1. The van der Waals surface area contributed by atoms with Crippen LogP contribution >= 0.6 is 58.0 Å². The summed E-state index contributed by atoms with van der Waals surface area (Å²) in [5.74, 6) is -2.03. The van der Waals surface area contributed by atoms with E-state index in [0.29, 0.717) is 39.2 Å². The van der Waals surface area contributed by atoms with Crippen LogP contribution in [-0.4, -0.2) is 104 Å². The Morgan fingerprint density at radius 3 is 1.03 bits per heavy atom. The number of aromatic nitrogens is 2. The quantitative estimate of drug-likeness (QED) is 0.0200. The number of phenols is 2. The van der Waals surface area contributed by atoms with Gasteiger partial charge in [-0.1, -0.05) is 145 Å². The standard InChI is InChI=1S/C19H21ClN2O5S.C19H19ClN2O4S.C17H19ClN2O4S.C11H13ClO3S.C8H7ClN2O/c1-4-18(28(26,27)13-7-5-11(2)6-8-13)19(25)22-15-10-17(24)16(9-14(15)20)21-12(3)23;1-4-18(27(24,25)13-7-5-11(2)6-8-13)19(23)22-15-10-17-16(9-14(15)20)21-12(3)26-17;1-3-16(25(23,24)11-6-4-10(2)5-7-11)17(22)20-14-9-15(21)13(19)8-12(14)18;1-3-10(11(12)13)16(14,15)9-6-4-8(2)5-7-9;1-4-11-7-2-5(9)6(10)3-8(7)12-4/h5-10,18,24H,4H2,1-3H3,(H,21,23)(H,22,25);5-10,18H,4H2,1-3H3,(H,22,23);4-9,16,21H,3,19H2,1-2H3,(H,20,22);4-7,10H,3H2,1-2H3;2-3H,10H2,1H3. The number of carbonyl (C=O) groups excluding carboxylic acids is 5. The number of benzene rings is 8. The SMILES string of the molecule is CCC(C(=O)Cl)S(=O)(=O)c1ccc(C)cc1.CCC(C(=O)Nc1cc(O)c(N)cc1Cl)S(=O)(=O)c1ccc(C)cc1.CCC(C(=O)Nc1cc(O)c(NC(C)=O)cc1Cl)S(=O)(=O)c1ccc(C)cc1.CCC(C(=O)Nc1cc2oc(C)nc2cc1Cl)S(=O)(=O)c1ccc(C)cc1.Cc1nc2cc(Cl)c(N)cc2o1. The molecule has 0 aliphatic carbocycles. The number of hydrogen-bond acceptors (Lipinski definition) is 21. The van der Waals surface area contributed by atoms with Crippen molar-refractivity contribution in [3.63, 3.8) is 0 Å². The number of nitrogen functional groups attached to an aromatic ring is 2. The maximum Gasteiger partial charge on any atom is 0.243 e. The van der Waals surface area contributed by atoms with Gasteiger partial charge in [0, 0.05) is 45.0 Å². The van der Waals surface area contributed by atoms with Crippen molar-refractivity contribution in [3.05, 3.63) is 200 Å². The summed E-state index contributed by atoms with van der Waals surface area (Å²) >= 11 is 29.4. The second kappa shape index (κ2) is 37.7. The summed E-state index contributed by atoms with van der Waals surface area (Å²) in [6.07, 6.45) is 0.443. The molecule has 4 unspecified atom stereocenters. The van der Waals surface area contributed by atoms with Crippen molar-refractivity contribution >= 4 is 183 Å². The Balaban J connectivity index is 0.000000217. The third kappa shape index (κ3) is 22.4. The number of nitrogens with zero attached hydrogens (tertiary/aromatic N) is 2. The average Bonchev–Trinajstić information content (AvgIpc) is 1.72. The number of hydrogen-bond donors (Lipinski definition) is 8. The van der Waals surface area contributed by atoms with Crippen molar-refractivity contribution in [2.75, 3.05) is 32.7 Å². The molecule has 0 saturated carbocycles. The summed E-state index contributed by atoms with van der Waals surface area (Å²) in [4.78, 5) is 68.7. The van der Waals surface area contributed by atoms with Gasteiger partial charge < -0.3 is 51.8 Å². The average molecular weight is 1660 g/mol. The number of carbonyl (C=O) groups is 5. The Hall–Kier alpha value is -9.30. The van der Waals surface area contributed by atoms with Crippen LogP contribution in [0.4, 0.5) is 34.1 Å². The Bertz CT molecular complexity index is 5400. The van der Waals surface area contributed by atoms with E-state index in [-0.39, 0.29) is 100 Å². The second-order valence-electron chi connectivity index (χ2n) is 24.3. The Kier molecular flexibility index (Phi) is 30.6. The second-order valence-corrected chi connectivity index (χ2v) is 34.8. The summed E-state index contributed by atoms with van der Waals surface area (Å²) in [7, 11) is -15.2. The van der Waals surface area contributed by atoms with Gasteiger partial charge in [0.15, 0.2) is 62.3 Å². The number of anilines is 6. The highest BCUT2D eigenvalue weighted by Crippen LogP contribution is 2.37. The van der Waals surface area contributed by atoms with Crippen molar-refractivity contribution in [1.82, 2.24) is 9.97 Å². The van der Waals surface area contributed by atoms with Crippen LogP contribution < -0.4 is 32.7 Å². The van der Waals surface area contributed by atoms with Gasteiger partial charge in [0.25, 0.3) is 0 Å². The molecule has 108 heavy (non-hydrogen) atoms. The number of amides is 4. The molecule has 10 rings (SSSR count). The molecule has 576 valence electrons. The number of aromatic hydroxyl groups is 2. The van der Waals surface area contributed by atoms with E-state index in [4.69, 9.17) is 78.3 Å². The number of rotatable bonds is 20. The Morgan fingerprint density at radius 1 is 0.398 bits per heavy atom. The predicted octanol–water partition coefficient (Wildman–Crippen LogP) is 15.6. The lowest BCUT2D eigenvalue weighted by atomic mass is 10.2. The van der Waals surface area contributed by atoms with Gasteiger partial charge in [0.1, 0.15) is 43.5 Å². The first-order valence-corrected chi connectivity index (χ1v) is 40.9. The maximum absolute atomic E-state index is 12.9. The zero-order valence-corrected chi connectivity index (χ0v) is 67.1. The molecule has 2 heterocycles. The van der Waals surface area contributed by atoms with Gasteiger partial charge in [-0.3, -0.25) is 24.0 Å². The Labute approximate surface area is 650 Å². The highest BCUT2D eigenvalue weighted by molar-refractivity contribution is 7.93. The molecule has 25 nitrogen and oxygen atoms in total. The van der Waals surface area contributed by atoms with E-state index in [9.17, 15) is 67.9 Å². The molecule has 2 aromatic heterocycles. The van der Waals surface area contributed by atoms with Crippen molar-refractivity contribution in [2.45, 2.75) is 142 Å². The van der Waals surface area contributed by atoms with Crippen molar-refractivity contribution in [1.29, 1.82) is 0 Å². The van der Waals surface area contributed by atoms with E-state index in [1.54, 1.807) is 114 Å². The summed E-state index contributed by atoms with van der Waals surface area (Å²) < 4.78 is 112. The normalized spacial score (nSPS) is 12.5. The first-order chi connectivity index (χ1) is 50.5. The highest BCUT2D eigenvalue weighted by atomic mass is 35.5.